The molecule has 0 spiro atoms. The average molecular weight is 344 g/mol. The lowest BCUT2D eigenvalue weighted by Gasteiger charge is -2.34. The van der Waals surface area contributed by atoms with E-state index >= 15 is 0 Å². The Balaban J connectivity index is 1.83. The maximum Gasteiger partial charge on any atom is 0.146 e. The van der Waals surface area contributed by atoms with Gasteiger partial charge in [0.2, 0.25) is 0 Å². The Labute approximate surface area is 132 Å². The van der Waals surface area contributed by atoms with Gasteiger partial charge in [-0.2, -0.15) is 5.26 Å². The molecule has 1 aromatic heterocycles. The summed E-state index contributed by atoms with van der Waals surface area (Å²) in [6, 6.07) is 13.9. The minimum atomic E-state index is 0.000369. The molecule has 1 aromatic carbocycles. The Kier molecular flexibility index (Phi) is 4.18. The van der Waals surface area contributed by atoms with Crippen LogP contribution in [0.15, 0.2) is 47.1 Å². The van der Waals surface area contributed by atoms with Gasteiger partial charge in [-0.25, -0.2) is 4.98 Å². The molecule has 0 bridgehead atoms. The van der Waals surface area contributed by atoms with Gasteiger partial charge in [-0.15, -0.1) is 0 Å². The van der Waals surface area contributed by atoms with Gasteiger partial charge in [-0.3, -0.25) is 0 Å². The van der Waals surface area contributed by atoms with Crippen molar-refractivity contribution in [1.29, 1.82) is 5.26 Å². The fourth-order valence-electron chi connectivity index (χ4n) is 2.46. The third-order valence-corrected chi connectivity index (χ3v) is 4.04. The first-order chi connectivity index (χ1) is 10.3. The molecule has 21 heavy (non-hydrogen) atoms. The second-order valence-corrected chi connectivity index (χ2v) is 5.76. The Bertz CT molecular complexity index is 666. The van der Waals surface area contributed by atoms with E-state index < -0.39 is 0 Å². The molecule has 0 unspecified atom stereocenters. The summed E-state index contributed by atoms with van der Waals surface area (Å²) < 4.78 is 6.91. The first kappa shape index (κ1) is 14.1. The molecule has 0 saturated carbocycles. The molecule has 1 fully saturated rings. The maximum atomic E-state index is 9.21. The SMILES string of the molecule is N#Cc1cccnc1N1CCO[C@H](c2ccc(Br)cc2)C1. The number of hydrogen-bond donors (Lipinski definition) is 0. The van der Waals surface area contributed by atoms with Gasteiger partial charge in [0.05, 0.1) is 12.2 Å². The van der Waals surface area contributed by atoms with Crippen LogP contribution in [0, 0.1) is 11.3 Å². The van der Waals surface area contributed by atoms with Crippen LogP contribution in [0.3, 0.4) is 0 Å². The third-order valence-electron chi connectivity index (χ3n) is 3.51. The van der Waals surface area contributed by atoms with Gasteiger partial charge >= 0.3 is 0 Å². The highest BCUT2D eigenvalue weighted by molar-refractivity contribution is 9.10. The molecule has 1 aliphatic heterocycles. The molecule has 1 atom stereocenters. The number of aromatic nitrogens is 1. The molecule has 2 heterocycles. The van der Waals surface area contributed by atoms with E-state index in [1.165, 1.54) is 0 Å². The second kappa shape index (κ2) is 6.25. The van der Waals surface area contributed by atoms with Gasteiger partial charge in [0.25, 0.3) is 0 Å². The lowest BCUT2D eigenvalue weighted by molar-refractivity contribution is 0.0395. The average Bonchev–Trinajstić information content (AvgIpc) is 2.55. The Morgan fingerprint density at radius 2 is 2.10 bits per heavy atom. The number of hydrogen-bond acceptors (Lipinski definition) is 4. The predicted molar refractivity (Wildman–Crippen MR) is 84.0 cm³/mol. The molecule has 4 nitrogen and oxygen atoms in total. The van der Waals surface area contributed by atoms with Gasteiger partial charge < -0.3 is 9.64 Å². The van der Waals surface area contributed by atoms with Crippen LogP contribution in [-0.4, -0.2) is 24.7 Å². The van der Waals surface area contributed by atoms with E-state index in [2.05, 4.69) is 44.0 Å². The topological polar surface area (TPSA) is 49.2 Å². The summed E-state index contributed by atoms with van der Waals surface area (Å²) in [6.45, 7) is 2.08. The fourth-order valence-corrected chi connectivity index (χ4v) is 2.72. The minimum absolute atomic E-state index is 0.000369. The third kappa shape index (κ3) is 3.07. The number of benzene rings is 1. The highest BCUT2D eigenvalue weighted by Gasteiger charge is 2.24. The van der Waals surface area contributed by atoms with E-state index in [1.807, 2.05) is 12.1 Å². The molecule has 0 aliphatic carbocycles. The van der Waals surface area contributed by atoms with E-state index in [0.29, 0.717) is 18.7 Å². The van der Waals surface area contributed by atoms with Crippen molar-refractivity contribution in [2.24, 2.45) is 0 Å². The van der Waals surface area contributed by atoms with Crippen LogP contribution in [0.2, 0.25) is 0 Å². The Morgan fingerprint density at radius 1 is 1.29 bits per heavy atom. The highest BCUT2D eigenvalue weighted by atomic mass is 79.9. The van der Waals surface area contributed by atoms with Gasteiger partial charge in [0.15, 0.2) is 0 Å². The minimum Gasteiger partial charge on any atom is -0.370 e. The number of nitriles is 1. The summed E-state index contributed by atoms with van der Waals surface area (Å²) in [7, 11) is 0. The Morgan fingerprint density at radius 3 is 2.86 bits per heavy atom. The molecule has 2 aromatic rings. The summed E-state index contributed by atoms with van der Waals surface area (Å²) in [5.74, 6) is 0.741. The summed E-state index contributed by atoms with van der Waals surface area (Å²) >= 11 is 3.44. The van der Waals surface area contributed by atoms with Crippen molar-refractivity contribution in [1.82, 2.24) is 4.98 Å². The number of anilines is 1. The molecule has 5 heteroatoms. The predicted octanol–water partition coefficient (Wildman–Crippen LogP) is 3.29. The quantitative estimate of drug-likeness (QED) is 0.839. The van der Waals surface area contributed by atoms with E-state index in [0.717, 1.165) is 22.4 Å². The zero-order valence-corrected chi connectivity index (χ0v) is 13.0. The molecule has 0 amide bonds. The van der Waals surface area contributed by atoms with Crippen LogP contribution >= 0.6 is 15.9 Å². The van der Waals surface area contributed by atoms with Crippen molar-refractivity contribution in [2.75, 3.05) is 24.6 Å². The monoisotopic (exact) mass is 343 g/mol. The molecule has 0 N–H and O–H groups in total. The number of morpholine rings is 1. The molecular weight excluding hydrogens is 330 g/mol. The first-order valence-electron chi connectivity index (χ1n) is 6.75. The van der Waals surface area contributed by atoms with Crippen LogP contribution in [-0.2, 0) is 4.74 Å². The number of rotatable bonds is 2. The summed E-state index contributed by atoms with van der Waals surface area (Å²) in [4.78, 5) is 6.48. The van der Waals surface area contributed by atoms with Crippen molar-refractivity contribution >= 4 is 21.7 Å². The summed E-state index contributed by atoms with van der Waals surface area (Å²) in [5.41, 5.74) is 1.74. The number of pyridine rings is 1. The standard InChI is InChI=1S/C16H14BrN3O/c17-14-5-3-12(4-6-14)15-11-20(8-9-21-15)16-13(10-18)2-1-7-19-16/h1-7,15H,8-9,11H2/t15-/m0/s1. The van der Waals surface area contributed by atoms with E-state index in [4.69, 9.17) is 4.74 Å². The molecular formula is C16H14BrN3O. The molecule has 106 valence electrons. The summed E-state index contributed by atoms with van der Waals surface area (Å²) in [6.07, 6.45) is 1.72. The zero-order valence-electron chi connectivity index (χ0n) is 11.4. The van der Waals surface area contributed by atoms with Gasteiger partial charge in [0, 0.05) is 23.8 Å². The molecule has 1 saturated heterocycles. The molecule has 3 rings (SSSR count). The second-order valence-electron chi connectivity index (χ2n) is 4.84. The van der Waals surface area contributed by atoms with Crippen molar-refractivity contribution in [3.63, 3.8) is 0 Å². The van der Waals surface area contributed by atoms with Gasteiger partial charge in [-0.1, -0.05) is 28.1 Å². The normalized spacial score (nSPS) is 18.3. The van der Waals surface area contributed by atoms with E-state index in [9.17, 15) is 5.26 Å². The van der Waals surface area contributed by atoms with Crippen molar-refractivity contribution in [3.05, 3.63) is 58.2 Å². The van der Waals surface area contributed by atoms with Crippen molar-refractivity contribution in [2.45, 2.75) is 6.10 Å². The van der Waals surface area contributed by atoms with Gasteiger partial charge in [-0.05, 0) is 29.8 Å². The van der Waals surface area contributed by atoms with Crippen LogP contribution in [0.5, 0.6) is 0 Å². The van der Waals surface area contributed by atoms with Crippen LogP contribution in [0.1, 0.15) is 17.2 Å². The molecule has 1 aliphatic rings. The smallest absolute Gasteiger partial charge is 0.146 e. The lowest BCUT2D eigenvalue weighted by atomic mass is 10.1. The maximum absolute atomic E-state index is 9.21. The zero-order chi connectivity index (χ0) is 14.7. The Hall–Kier alpha value is -1.90. The van der Waals surface area contributed by atoms with Gasteiger partial charge in [0.1, 0.15) is 18.0 Å². The fraction of sp³-hybridized carbons (Fsp3) is 0.250. The first-order valence-corrected chi connectivity index (χ1v) is 7.54. The lowest BCUT2D eigenvalue weighted by Crippen LogP contribution is -2.39. The number of nitrogens with zero attached hydrogens (tertiary/aromatic N) is 3. The van der Waals surface area contributed by atoms with Crippen LogP contribution in [0.25, 0.3) is 0 Å². The number of ether oxygens (including phenoxy) is 1. The summed E-state index contributed by atoms with van der Waals surface area (Å²) in [5, 5.41) is 9.21. The van der Waals surface area contributed by atoms with Crippen LogP contribution < -0.4 is 4.90 Å². The highest BCUT2D eigenvalue weighted by Crippen LogP contribution is 2.27. The largest absolute Gasteiger partial charge is 0.370 e. The van der Waals surface area contributed by atoms with Crippen molar-refractivity contribution < 1.29 is 4.74 Å². The number of halogens is 1. The van der Waals surface area contributed by atoms with Crippen LogP contribution in [0.4, 0.5) is 5.82 Å². The van der Waals surface area contributed by atoms with E-state index in [1.54, 1.807) is 18.3 Å². The molecule has 0 radical (unpaired) electrons. The van der Waals surface area contributed by atoms with Crippen molar-refractivity contribution in [3.8, 4) is 6.07 Å². The van der Waals surface area contributed by atoms with E-state index in [-0.39, 0.29) is 6.10 Å².